The largest absolute Gasteiger partial charge is 0.310 e. The van der Waals surface area contributed by atoms with E-state index >= 15 is 0 Å². The zero-order valence-electron chi connectivity index (χ0n) is 30.9. The Bertz CT molecular complexity index is 2890. The number of anilines is 3. The molecule has 2 aliphatic carbocycles. The number of benzene rings is 8. The Hall–Kier alpha value is -5.96. The van der Waals surface area contributed by atoms with Gasteiger partial charge in [0.15, 0.2) is 0 Å². The molecule has 1 aromatic heterocycles. The predicted octanol–water partition coefficient (Wildman–Crippen LogP) is 15.0. The van der Waals surface area contributed by atoms with Crippen molar-refractivity contribution in [2.24, 2.45) is 0 Å². The van der Waals surface area contributed by atoms with Crippen molar-refractivity contribution in [3.05, 3.63) is 186 Å². The second kappa shape index (κ2) is 11.3. The number of thiophene rings is 1. The van der Waals surface area contributed by atoms with E-state index in [4.69, 9.17) is 0 Å². The third-order valence-corrected chi connectivity index (χ3v) is 13.8. The highest BCUT2D eigenvalue weighted by molar-refractivity contribution is 7.27. The fourth-order valence-corrected chi connectivity index (χ4v) is 11.1. The van der Waals surface area contributed by atoms with Gasteiger partial charge in [-0.3, -0.25) is 0 Å². The smallest absolute Gasteiger partial charge is 0.0468 e. The first-order valence-corrected chi connectivity index (χ1v) is 19.8. The maximum atomic E-state index is 2.46. The Morgan fingerprint density at radius 2 is 0.870 bits per heavy atom. The molecular formula is C52H39NS. The number of hydrogen-bond donors (Lipinski definition) is 0. The van der Waals surface area contributed by atoms with E-state index in [1.807, 2.05) is 11.3 Å². The first-order chi connectivity index (χ1) is 26.3. The molecule has 9 aromatic rings. The Kier molecular flexibility index (Phi) is 6.59. The summed E-state index contributed by atoms with van der Waals surface area (Å²) < 4.78 is 2.70. The van der Waals surface area contributed by atoms with Gasteiger partial charge in [0.2, 0.25) is 0 Å². The summed E-state index contributed by atoms with van der Waals surface area (Å²) in [5, 5.41) is 5.28. The fourth-order valence-electron chi connectivity index (χ4n) is 9.69. The van der Waals surface area contributed by atoms with Gasteiger partial charge in [-0.05, 0) is 103 Å². The van der Waals surface area contributed by atoms with E-state index in [1.54, 1.807) is 0 Å². The van der Waals surface area contributed by atoms with Crippen LogP contribution in [0.15, 0.2) is 164 Å². The molecular weight excluding hydrogens is 671 g/mol. The minimum Gasteiger partial charge on any atom is -0.310 e. The molecule has 0 spiro atoms. The SMILES string of the molecule is CC1(C)c2ccccc2-c2cc(N(c3ccc(-c4cccc5c4sc4c6ccccc6ccc54)cc3)c3ccc4c(c3)-c3ccccc3C4(C)C)ccc21. The number of rotatable bonds is 4. The maximum Gasteiger partial charge on any atom is 0.0468 e. The lowest BCUT2D eigenvalue weighted by atomic mass is 9.82. The van der Waals surface area contributed by atoms with Crippen molar-refractivity contribution in [3.63, 3.8) is 0 Å². The predicted molar refractivity (Wildman–Crippen MR) is 232 cm³/mol. The molecule has 0 saturated heterocycles. The summed E-state index contributed by atoms with van der Waals surface area (Å²) in [5.41, 5.74) is 16.8. The van der Waals surface area contributed by atoms with Crippen molar-refractivity contribution in [2.75, 3.05) is 4.90 Å². The normalized spacial score (nSPS) is 14.6. The van der Waals surface area contributed by atoms with Gasteiger partial charge in [-0.15, -0.1) is 11.3 Å². The highest BCUT2D eigenvalue weighted by Crippen LogP contribution is 2.53. The average Bonchev–Trinajstić information content (AvgIpc) is 3.78. The van der Waals surface area contributed by atoms with E-state index in [1.165, 1.54) is 86.6 Å². The summed E-state index contributed by atoms with van der Waals surface area (Å²) in [6.07, 6.45) is 0. The van der Waals surface area contributed by atoms with Gasteiger partial charge in [0, 0.05) is 48.1 Å². The van der Waals surface area contributed by atoms with Crippen LogP contribution in [0.25, 0.3) is 64.3 Å². The van der Waals surface area contributed by atoms with Crippen LogP contribution in [-0.4, -0.2) is 0 Å². The average molecular weight is 710 g/mol. The molecule has 0 saturated carbocycles. The molecule has 8 aromatic carbocycles. The van der Waals surface area contributed by atoms with Gasteiger partial charge in [0.05, 0.1) is 0 Å². The molecule has 1 heterocycles. The quantitative estimate of drug-likeness (QED) is 0.176. The van der Waals surface area contributed by atoms with Gasteiger partial charge in [-0.1, -0.05) is 155 Å². The second-order valence-corrected chi connectivity index (χ2v) is 17.2. The third-order valence-electron chi connectivity index (χ3n) is 12.5. The first kappa shape index (κ1) is 31.6. The van der Waals surface area contributed by atoms with Crippen LogP contribution in [0.3, 0.4) is 0 Å². The lowest BCUT2D eigenvalue weighted by molar-refractivity contribution is 0.660. The van der Waals surface area contributed by atoms with Crippen molar-refractivity contribution in [3.8, 4) is 33.4 Å². The molecule has 0 unspecified atom stereocenters. The molecule has 0 radical (unpaired) electrons. The van der Waals surface area contributed by atoms with Gasteiger partial charge in [-0.2, -0.15) is 0 Å². The van der Waals surface area contributed by atoms with E-state index in [-0.39, 0.29) is 10.8 Å². The lowest BCUT2D eigenvalue weighted by Gasteiger charge is -2.28. The van der Waals surface area contributed by atoms with Gasteiger partial charge in [0.25, 0.3) is 0 Å². The summed E-state index contributed by atoms with van der Waals surface area (Å²) in [5.74, 6) is 0. The van der Waals surface area contributed by atoms with E-state index in [2.05, 4.69) is 196 Å². The summed E-state index contributed by atoms with van der Waals surface area (Å²) in [6, 6.07) is 61.4. The molecule has 2 aliphatic rings. The van der Waals surface area contributed by atoms with Crippen LogP contribution in [0.4, 0.5) is 17.1 Å². The molecule has 54 heavy (non-hydrogen) atoms. The molecule has 0 atom stereocenters. The molecule has 2 heteroatoms. The molecule has 258 valence electrons. The van der Waals surface area contributed by atoms with E-state index in [9.17, 15) is 0 Å². The number of hydrogen-bond acceptors (Lipinski definition) is 2. The highest BCUT2D eigenvalue weighted by atomic mass is 32.1. The number of fused-ring (bicyclic) bond motifs is 11. The van der Waals surface area contributed by atoms with Crippen LogP contribution in [-0.2, 0) is 10.8 Å². The van der Waals surface area contributed by atoms with Gasteiger partial charge in [-0.25, -0.2) is 0 Å². The van der Waals surface area contributed by atoms with Crippen molar-refractivity contribution in [1.29, 1.82) is 0 Å². The summed E-state index contributed by atoms with van der Waals surface area (Å²) in [7, 11) is 0. The zero-order chi connectivity index (χ0) is 36.3. The molecule has 11 rings (SSSR count). The minimum atomic E-state index is -0.0420. The number of nitrogens with zero attached hydrogens (tertiary/aromatic N) is 1. The van der Waals surface area contributed by atoms with Crippen molar-refractivity contribution >= 4 is 59.3 Å². The van der Waals surface area contributed by atoms with Gasteiger partial charge < -0.3 is 4.90 Å². The van der Waals surface area contributed by atoms with Crippen LogP contribution in [0.2, 0.25) is 0 Å². The Balaban J connectivity index is 1.08. The van der Waals surface area contributed by atoms with Gasteiger partial charge in [0.1, 0.15) is 0 Å². The van der Waals surface area contributed by atoms with Crippen molar-refractivity contribution in [1.82, 2.24) is 0 Å². The Morgan fingerprint density at radius 3 is 1.52 bits per heavy atom. The maximum absolute atomic E-state index is 2.46. The minimum absolute atomic E-state index is 0.0420. The third kappa shape index (κ3) is 4.38. The second-order valence-electron chi connectivity index (χ2n) is 16.1. The van der Waals surface area contributed by atoms with Crippen molar-refractivity contribution in [2.45, 2.75) is 38.5 Å². The fraction of sp³-hybridized carbons (Fsp3) is 0.115. The first-order valence-electron chi connectivity index (χ1n) is 19.0. The van der Waals surface area contributed by atoms with Crippen LogP contribution < -0.4 is 4.90 Å². The summed E-state index contributed by atoms with van der Waals surface area (Å²) in [6.45, 7) is 9.42. The van der Waals surface area contributed by atoms with E-state index in [0.717, 1.165) is 17.1 Å². The van der Waals surface area contributed by atoms with Crippen molar-refractivity contribution < 1.29 is 0 Å². The van der Waals surface area contributed by atoms with Crippen LogP contribution in [0.5, 0.6) is 0 Å². The Labute approximate surface area is 320 Å². The topological polar surface area (TPSA) is 3.24 Å². The summed E-state index contributed by atoms with van der Waals surface area (Å²) >= 11 is 1.92. The standard InChI is InChI=1S/C52H39NS/c1-51(2)45-18-9-7-14-39(45)43-30-35(25-28-47(43)51)53(36-26-29-48-44(31-36)40-15-8-10-19-46(40)52(48,3)4)34-23-20-33(21-24-34)38-16-11-17-41-42-27-22-32-12-5-6-13-37(32)50(42)54-49(38)41/h5-31H,1-4H3. The highest BCUT2D eigenvalue weighted by Gasteiger charge is 2.37. The molecule has 0 amide bonds. The molecule has 1 nitrogen and oxygen atoms in total. The molecule has 0 bridgehead atoms. The van der Waals surface area contributed by atoms with E-state index in [0.29, 0.717) is 0 Å². The molecule has 0 aliphatic heterocycles. The van der Waals surface area contributed by atoms with Crippen LogP contribution in [0, 0.1) is 0 Å². The summed E-state index contributed by atoms with van der Waals surface area (Å²) in [4.78, 5) is 2.46. The van der Waals surface area contributed by atoms with Crippen LogP contribution in [0.1, 0.15) is 49.9 Å². The van der Waals surface area contributed by atoms with Gasteiger partial charge >= 0.3 is 0 Å². The zero-order valence-corrected chi connectivity index (χ0v) is 31.8. The van der Waals surface area contributed by atoms with E-state index < -0.39 is 0 Å². The molecule has 0 fully saturated rings. The monoisotopic (exact) mass is 709 g/mol. The Morgan fingerprint density at radius 1 is 0.370 bits per heavy atom. The van der Waals surface area contributed by atoms with Crippen LogP contribution >= 0.6 is 11.3 Å². The lowest BCUT2D eigenvalue weighted by Crippen LogP contribution is -2.16. The molecule has 0 N–H and O–H groups in total.